The van der Waals surface area contributed by atoms with E-state index in [2.05, 4.69) is 15.3 Å². The zero-order valence-corrected chi connectivity index (χ0v) is 13.9. The molecular formula is C19H13N3O2S. The number of para-hydroxylation sites is 1. The zero-order valence-electron chi connectivity index (χ0n) is 13.0. The van der Waals surface area contributed by atoms with Crippen LogP contribution in [0.4, 0.5) is 5.69 Å². The molecule has 0 aliphatic heterocycles. The summed E-state index contributed by atoms with van der Waals surface area (Å²) in [6.45, 7) is 0. The van der Waals surface area contributed by atoms with Crippen LogP contribution >= 0.6 is 11.3 Å². The zero-order chi connectivity index (χ0) is 17.1. The highest BCUT2D eigenvalue weighted by atomic mass is 32.1. The molecular weight excluding hydrogens is 334 g/mol. The first-order valence-electron chi connectivity index (χ1n) is 7.61. The molecule has 0 spiro atoms. The maximum absolute atomic E-state index is 12.0. The van der Waals surface area contributed by atoms with Crippen molar-refractivity contribution < 1.29 is 9.53 Å². The van der Waals surface area contributed by atoms with Gasteiger partial charge in [-0.2, -0.15) is 11.3 Å². The van der Waals surface area contributed by atoms with Crippen molar-refractivity contribution in [1.82, 2.24) is 9.97 Å². The lowest BCUT2D eigenvalue weighted by atomic mass is 10.2. The van der Waals surface area contributed by atoms with E-state index in [1.54, 1.807) is 30.3 Å². The van der Waals surface area contributed by atoms with Gasteiger partial charge in [-0.05, 0) is 47.8 Å². The molecule has 1 amide bonds. The molecule has 4 aromatic rings. The third kappa shape index (κ3) is 3.34. The molecule has 0 fully saturated rings. The topological polar surface area (TPSA) is 64.1 Å². The third-order valence-electron chi connectivity index (χ3n) is 3.62. The maximum Gasteiger partial charge on any atom is 0.256 e. The summed E-state index contributed by atoms with van der Waals surface area (Å²) < 4.78 is 5.86. The van der Waals surface area contributed by atoms with Gasteiger partial charge in [0.2, 0.25) is 5.88 Å². The normalized spacial score (nSPS) is 10.6. The molecule has 122 valence electrons. The summed E-state index contributed by atoms with van der Waals surface area (Å²) in [5.41, 5.74) is 2.18. The minimum atomic E-state index is -0.128. The lowest BCUT2D eigenvalue weighted by molar-refractivity contribution is 0.102. The molecule has 5 nitrogen and oxygen atoms in total. The first-order valence-corrected chi connectivity index (χ1v) is 8.55. The van der Waals surface area contributed by atoms with E-state index < -0.39 is 0 Å². The summed E-state index contributed by atoms with van der Waals surface area (Å²) >= 11 is 1.49. The Morgan fingerprint density at radius 3 is 2.64 bits per heavy atom. The van der Waals surface area contributed by atoms with Crippen LogP contribution in [0.25, 0.3) is 10.9 Å². The highest BCUT2D eigenvalue weighted by molar-refractivity contribution is 7.08. The van der Waals surface area contributed by atoms with Crippen LogP contribution in [-0.2, 0) is 0 Å². The number of hydrogen-bond donors (Lipinski definition) is 1. The monoisotopic (exact) mass is 347 g/mol. The van der Waals surface area contributed by atoms with Crippen LogP contribution in [0.3, 0.4) is 0 Å². The van der Waals surface area contributed by atoms with Crippen LogP contribution in [0.2, 0.25) is 0 Å². The first-order chi connectivity index (χ1) is 12.3. The molecule has 6 heteroatoms. The maximum atomic E-state index is 12.0. The molecule has 4 rings (SSSR count). The van der Waals surface area contributed by atoms with Gasteiger partial charge in [-0.15, -0.1) is 0 Å². The molecule has 1 N–H and O–H groups in total. The fraction of sp³-hybridized carbons (Fsp3) is 0. The van der Waals surface area contributed by atoms with Gasteiger partial charge in [-0.3, -0.25) is 4.79 Å². The number of amides is 1. The fourth-order valence-electron chi connectivity index (χ4n) is 2.38. The van der Waals surface area contributed by atoms with Gasteiger partial charge >= 0.3 is 0 Å². The van der Waals surface area contributed by atoms with Crippen molar-refractivity contribution in [3.63, 3.8) is 0 Å². The van der Waals surface area contributed by atoms with Crippen molar-refractivity contribution in [2.24, 2.45) is 0 Å². The number of nitrogens with zero attached hydrogens (tertiary/aromatic N) is 2. The quantitative estimate of drug-likeness (QED) is 0.579. The van der Waals surface area contributed by atoms with Crippen LogP contribution in [0.1, 0.15) is 10.4 Å². The Balaban J connectivity index is 1.51. The number of aromatic nitrogens is 2. The van der Waals surface area contributed by atoms with E-state index in [0.29, 0.717) is 22.9 Å². The predicted octanol–water partition coefficient (Wildman–Crippen LogP) is 4.74. The molecule has 0 radical (unpaired) electrons. The van der Waals surface area contributed by atoms with Gasteiger partial charge < -0.3 is 10.1 Å². The van der Waals surface area contributed by atoms with E-state index >= 15 is 0 Å². The summed E-state index contributed by atoms with van der Waals surface area (Å²) in [4.78, 5) is 20.5. The van der Waals surface area contributed by atoms with E-state index in [1.165, 1.54) is 17.7 Å². The van der Waals surface area contributed by atoms with Gasteiger partial charge in [0.15, 0.2) is 0 Å². The van der Waals surface area contributed by atoms with E-state index in [-0.39, 0.29) is 5.91 Å². The van der Waals surface area contributed by atoms with Crippen LogP contribution in [0, 0.1) is 0 Å². The number of hydrogen-bond acceptors (Lipinski definition) is 5. The second-order valence-electron chi connectivity index (χ2n) is 5.29. The van der Waals surface area contributed by atoms with Gasteiger partial charge in [0, 0.05) is 11.1 Å². The number of fused-ring (bicyclic) bond motifs is 1. The summed E-state index contributed by atoms with van der Waals surface area (Å²) in [5.74, 6) is 1.01. The Morgan fingerprint density at radius 2 is 1.84 bits per heavy atom. The van der Waals surface area contributed by atoms with Crippen LogP contribution in [0.15, 0.2) is 71.7 Å². The SMILES string of the molecule is O=C(Nc1ccc(Oc2ncnc3ccccc23)cc1)c1ccsc1. The number of anilines is 1. The molecule has 0 aliphatic rings. The standard InChI is InChI=1S/C19H13N3O2S/c23-18(13-9-10-25-11-13)22-14-5-7-15(8-6-14)24-19-16-3-1-2-4-17(16)20-12-21-19/h1-12H,(H,22,23). The molecule has 0 saturated heterocycles. The molecule has 25 heavy (non-hydrogen) atoms. The van der Waals surface area contributed by atoms with Gasteiger partial charge in [-0.25, -0.2) is 9.97 Å². The molecule has 0 atom stereocenters. The summed E-state index contributed by atoms with van der Waals surface area (Å²) in [6, 6.07) is 16.6. The van der Waals surface area contributed by atoms with Crippen molar-refractivity contribution in [1.29, 1.82) is 0 Å². The van der Waals surface area contributed by atoms with Crippen LogP contribution in [-0.4, -0.2) is 15.9 Å². The molecule has 0 saturated carbocycles. The smallest absolute Gasteiger partial charge is 0.256 e. The fourth-order valence-corrected chi connectivity index (χ4v) is 3.01. The Labute approximate surface area is 147 Å². The first kappa shape index (κ1) is 15.3. The number of nitrogens with one attached hydrogen (secondary N) is 1. The molecule has 2 aromatic carbocycles. The average molecular weight is 347 g/mol. The highest BCUT2D eigenvalue weighted by Crippen LogP contribution is 2.27. The second kappa shape index (κ2) is 6.70. The second-order valence-corrected chi connectivity index (χ2v) is 6.07. The number of thiophene rings is 1. The predicted molar refractivity (Wildman–Crippen MR) is 98.3 cm³/mol. The van der Waals surface area contributed by atoms with Gasteiger partial charge in [-0.1, -0.05) is 12.1 Å². The van der Waals surface area contributed by atoms with Crippen molar-refractivity contribution >= 4 is 33.8 Å². The van der Waals surface area contributed by atoms with E-state index in [0.717, 1.165) is 10.9 Å². The Bertz CT molecular complexity index is 1010. The third-order valence-corrected chi connectivity index (χ3v) is 4.30. The lowest BCUT2D eigenvalue weighted by Gasteiger charge is -2.08. The van der Waals surface area contributed by atoms with Crippen LogP contribution < -0.4 is 10.1 Å². The Morgan fingerprint density at radius 1 is 1.00 bits per heavy atom. The number of rotatable bonds is 4. The summed E-state index contributed by atoms with van der Waals surface area (Å²) in [7, 11) is 0. The van der Waals surface area contributed by atoms with Gasteiger partial charge in [0.25, 0.3) is 5.91 Å². The minimum absolute atomic E-state index is 0.128. The summed E-state index contributed by atoms with van der Waals surface area (Å²) in [5, 5.41) is 7.38. The average Bonchev–Trinajstić information content (AvgIpc) is 3.19. The molecule has 2 heterocycles. The largest absolute Gasteiger partial charge is 0.438 e. The van der Waals surface area contributed by atoms with E-state index in [1.807, 2.05) is 35.0 Å². The Kier molecular flexibility index (Phi) is 4.10. The number of carbonyl (C=O) groups is 1. The van der Waals surface area contributed by atoms with Crippen LogP contribution in [0.5, 0.6) is 11.6 Å². The number of carbonyl (C=O) groups excluding carboxylic acids is 1. The lowest BCUT2D eigenvalue weighted by Crippen LogP contribution is -2.10. The van der Waals surface area contributed by atoms with Crippen molar-refractivity contribution in [2.45, 2.75) is 0 Å². The minimum Gasteiger partial charge on any atom is -0.438 e. The van der Waals surface area contributed by atoms with Crippen molar-refractivity contribution in [2.75, 3.05) is 5.32 Å². The van der Waals surface area contributed by atoms with Gasteiger partial charge in [0.1, 0.15) is 12.1 Å². The van der Waals surface area contributed by atoms with E-state index in [9.17, 15) is 4.79 Å². The molecule has 0 bridgehead atoms. The molecule has 0 aliphatic carbocycles. The highest BCUT2D eigenvalue weighted by Gasteiger charge is 2.08. The number of benzene rings is 2. The van der Waals surface area contributed by atoms with E-state index in [4.69, 9.17) is 4.74 Å². The van der Waals surface area contributed by atoms with Crippen molar-refractivity contribution in [3.8, 4) is 11.6 Å². The summed E-state index contributed by atoms with van der Waals surface area (Å²) in [6.07, 6.45) is 1.48. The molecule has 0 unspecified atom stereocenters. The Hall–Kier alpha value is -3.25. The molecule has 2 aromatic heterocycles. The number of ether oxygens (including phenoxy) is 1. The van der Waals surface area contributed by atoms with Gasteiger partial charge in [0.05, 0.1) is 16.5 Å². The van der Waals surface area contributed by atoms with Crippen molar-refractivity contribution in [3.05, 3.63) is 77.2 Å².